The average molecular weight is 382 g/mol. The van der Waals surface area contributed by atoms with Gasteiger partial charge >= 0.3 is 0 Å². The molecule has 7 heteroatoms. The third-order valence-corrected chi connectivity index (χ3v) is 5.49. The van der Waals surface area contributed by atoms with E-state index in [9.17, 15) is 0 Å². The van der Waals surface area contributed by atoms with Crippen LogP contribution < -0.4 is 5.32 Å². The normalized spacial score (nSPS) is 17.8. The van der Waals surface area contributed by atoms with Crippen molar-refractivity contribution in [3.05, 3.63) is 64.0 Å². The minimum Gasteiger partial charge on any atom is -0.369 e. The van der Waals surface area contributed by atoms with Gasteiger partial charge in [0.15, 0.2) is 0 Å². The summed E-state index contributed by atoms with van der Waals surface area (Å²) in [5.74, 6) is 0.854. The number of hydrogen-bond donors (Lipinski definition) is 1. The first kappa shape index (κ1) is 18.0. The molecule has 3 aromatic rings. The minimum absolute atomic E-state index is 0.00148. The fourth-order valence-electron chi connectivity index (χ4n) is 3.15. The van der Waals surface area contributed by atoms with Crippen LogP contribution in [0.15, 0.2) is 42.9 Å². The molecule has 0 bridgehead atoms. The third kappa shape index (κ3) is 4.50. The molecule has 0 radical (unpaired) electrons. The molecule has 1 atom stereocenters. The zero-order valence-corrected chi connectivity index (χ0v) is 16.4. The highest BCUT2D eigenvalue weighted by Gasteiger charge is 2.23. The van der Waals surface area contributed by atoms with E-state index in [0.717, 1.165) is 54.0 Å². The Balaban J connectivity index is 1.40. The SMILES string of the molecule is Cc1ncc(CN2CCO[C@H](c3ccc(Nc4ncccc4C)cn3)C2)s1. The summed E-state index contributed by atoms with van der Waals surface area (Å²) >= 11 is 1.76. The molecular formula is C20H23N5OS. The van der Waals surface area contributed by atoms with Crippen LogP contribution >= 0.6 is 11.3 Å². The van der Waals surface area contributed by atoms with Gasteiger partial charge < -0.3 is 10.1 Å². The van der Waals surface area contributed by atoms with E-state index in [4.69, 9.17) is 4.74 Å². The molecule has 0 aromatic carbocycles. The van der Waals surface area contributed by atoms with E-state index in [1.807, 2.05) is 50.5 Å². The molecule has 1 N–H and O–H groups in total. The van der Waals surface area contributed by atoms with E-state index >= 15 is 0 Å². The minimum atomic E-state index is -0.00148. The zero-order chi connectivity index (χ0) is 18.6. The number of nitrogens with one attached hydrogen (secondary N) is 1. The largest absolute Gasteiger partial charge is 0.369 e. The first-order valence-corrected chi connectivity index (χ1v) is 9.89. The van der Waals surface area contributed by atoms with Gasteiger partial charge in [0.2, 0.25) is 0 Å². The van der Waals surface area contributed by atoms with Gasteiger partial charge in [-0.05, 0) is 37.6 Å². The van der Waals surface area contributed by atoms with Crippen molar-refractivity contribution >= 4 is 22.8 Å². The van der Waals surface area contributed by atoms with Crippen molar-refractivity contribution in [3.8, 4) is 0 Å². The van der Waals surface area contributed by atoms with Crippen molar-refractivity contribution in [2.24, 2.45) is 0 Å². The Morgan fingerprint density at radius 1 is 1.19 bits per heavy atom. The second-order valence-electron chi connectivity index (χ2n) is 6.71. The van der Waals surface area contributed by atoms with Gasteiger partial charge in [0.05, 0.1) is 29.2 Å². The topological polar surface area (TPSA) is 63.2 Å². The van der Waals surface area contributed by atoms with Crippen LogP contribution in [0.25, 0.3) is 0 Å². The van der Waals surface area contributed by atoms with Crippen molar-refractivity contribution in [2.45, 2.75) is 26.5 Å². The smallest absolute Gasteiger partial charge is 0.133 e. The van der Waals surface area contributed by atoms with Crippen molar-refractivity contribution in [1.29, 1.82) is 0 Å². The molecule has 27 heavy (non-hydrogen) atoms. The first-order chi connectivity index (χ1) is 13.2. The second kappa shape index (κ2) is 8.12. The van der Waals surface area contributed by atoms with E-state index in [1.54, 1.807) is 17.5 Å². The van der Waals surface area contributed by atoms with Crippen molar-refractivity contribution < 1.29 is 4.74 Å². The maximum absolute atomic E-state index is 5.97. The van der Waals surface area contributed by atoms with E-state index in [1.165, 1.54) is 4.88 Å². The number of aromatic nitrogens is 3. The van der Waals surface area contributed by atoms with Gasteiger partial charge in [0.1, 0.15) is 11.9 Å². The molecule has 0 spiro atoms. The molecule has 1 fully saturated rings. The lowest BCUT2D eigenvalue weighted by Gasteiger charge is -2.32. The lowest BCUT2D eigenvalue weighted by atomic mass is 10.2. The highest BCUT2D eigenvalue weighted by atomic mass is 32.1. The summed E-state index contributed by atoms with van der Waals surface area (Å²) in [6, 6.07) is 8.03. The fraction of sp³-hybridized carbons (Fsp3) is 0.350. The molecule has 1 saturated heterocycles. The molecule has 4 heterocycles. The molecule has 1 aliphatic heterocycles. The van der Waals surface area contributed by atoms with Gasteiger partial charge in [-0.2, -0.15) is 0 Å². The van der Waals surface area contributed by atoms with E-state index in [0.29, 0.717) is 0 Å². The summed E-state index contributed by atoms with van der Waals surface area (Å²) in [4.78, 5) is 17.0. The van der Waals surface area contributed by atoms with Gasteiger partial charge in [-0.1, -0.05) is 6.07 Å². The number of ether oxygens (including phenoxy) is 1. The number of aryl methyl sites for hydroxylation is 2. The Morgan fingerprint density at radius 2 is 2.11 bits per heavy atom. The van der Waals surface area contributed by atoms with Crippen LogP contribution in [-0.4, -0.2) is 39.5 Å². The third-order valence-electron chi connectivity index (χ3n) is 4.59. The number of hydrogen-bond acceptors (Lipinski definition) is 7. The Morgan fingerprint density at radius 3 is 2.85 bits per heavy atom. The predicted octanol–water partition coefficient (Wildman–Crippen LogP) is 3.87. The van der Waals surface area contributed by atoms with Crippen LogP contribution in [0.4, 0.5) is 11.5 Å². The molecule has 0 unspecified atom stereocenters. The number of nitrogens with zero attached hydrogens (tertiary/aromatic N) is 4. The van der Waals surface area contributed by atoms with Gasteiger partial charge in [0, 0.05) is 36.9 Å². The number of anilines is 2. The lowest BCUT2D eigenvalue weighted by molar-refractivity contribution is -0.0346. The Hall–Kier alpha value is -2.35. The molecule has 0 aliphatic carbocycles. The van der Waals surface area contributed by atoms with Crippen LogP contribution in [-0.2, 0) is 11.3 Å². The van der Waals surface area contributed by atoms with Crippen molar-refractivity contribution in [2.75, 3.05) is 25.0 Å². The molecule has 3 aromatic heterocycles. The highest BCUT2D eigenvalue weighted by Crippen LogP contribution is 2.25. The molecule has 6 nitrogen and oxygen atoms in total. The van der Waals surface area contributed by atoms with E-state index in [-0.39, 0.29) is 6.10 Å². The fourth-order valence-corrected chi connectivity index (χ4v) is 3.98. The van der Waals surface area contributed by atoms with Gasteiger partial charge in [0.25, 0.3) is 0 Å². The van der Waals surface area contributed by atoms with Gasteiger partial charge in [-0.3, -0.25) is 9.88 Å². The highest BCUT2D eigenvalue weighted by molar-refractivity contribution is 7.11. The maximum Gasteiger partial charge on any atom is 0.133 e. The molecular weight excluding hydrogens is 358 g/mol. The maximum atomic E-state index is 5.97. The van der Waals surface area contributed by atoms with Crippen LogP contribution in [0, 0.1) is 13.8 Å². The van der Waals surface area contributed by atoms with E-state index < -0.39 is 0 Å². The van der Waals surface area contributed by atoms with Gasteiger partial charge in [-0.15, -0.1) is 11.3 Å². The standard InChI is InChI=1S/C20H23N5OS/c1-14-4-3-7-21-20(14)24-16-5-6-18(23-10-16)19-13-25(8-9-26-19)12-17-11-22-15(2)27-17/h3-7,10-11,19H,8-9,12-13H2,1-2H3,(H,21,24)/t19-/m0/s1. The molecule has 0 amide bonds. The molecule has 1 aliphatic rings. The Bertz CT molecular complexity index is 895. The predicted molar refractivity (Wildman–Crippen MR) is 107 cm³/mol. The Kier molecular flexibility index (Phi) is 5.42. The van der Waals surface area contributed by atoms with Crippen LogP contribution in [0.3, 0.4) is 0 Å². The van der Waals surface area contributed by atoms with Crippen LogP contribution in [0.1, 0.15) is 27.2 Å². The second-order valence-corrected chi connectivity index (χ2v) is 8.03. The summed E-state index contributed by atoms with van der Waals surface area (Å²) in [5.41, 5.74) is 2.99. The number of thiazole rings is 1. The quantitative estimate of drug-likeness (QED) is 0.724. The average Bonchev–Trinajstić information content (AvgIpc) is 3.09. The number of pyridine rings is 2. The molecule has 4 rings (SSSR count). The zero-order valence-electron chi connectivity index (χ0n) is 15.6. The van der Waals surface area contributed by atoms with Crippen molar-refractivity contribution in [3.63, 3.8) is 0 Å². The summed E-state index contributed by atoms with van der Waals surface area (Å²) < 4.78 is 5.97. The number of morpholine rings is 1. The van der Waals surface area contributed by atoms with Crippen LogP contribution in [0.5, 0.6) is 0 Å². The summed E-state index contributed by atoms with van der Waals surface area (Å²) in [7, 11) is 0. The number of rotatable bonds is 5. The molecule has 0 saturated carbocycles. The van der Waals surface area contributed by atoms with Crippen molar-refractivity contribution in [1.82, 2.24) is 19.9 Å². The summed E-state index contributed by atoms with van der Waals surface area (Å²) in [6.45, 7) is 7.50. The van der Waals surface area contributed by atoms with Crippen LogP contribution in [0.2, 0.25) is 0 Å². The summed E-state index contributed by atoms with van der Waals surface area (Å²) in [6.07, 6.45) is 5.60. The van der Waals surface area contributed by atoms with Gasteiger partial charge in [-0.25, -0.2) is 9.97 Å². The summed E-state index contributed by atoms with van der Waals surface area (Å²) in [5, 5.41) is 4.43. The first-order valence-electron chi connectivity index (χ1n) is 9.07. The monoisotopic (exact) mass is 381 g/mol. The molecule has 140 valence electrons. The Labute approximate surface area is 163 Å². The lowest BCUT2D eigenvalue weighted by Crippen LogP contribution is -2.37. The van der Waals surface area contributed by atoms with E-state index in [2.05, 4.69) is 25.2 Å².